The molecule has 0 amide bonds. The van der Waals surface area contributed by atoms with Crippen LogP contribution in [0.15, 0.2) is 0 Å². The maximum absolute atomic E-state index is 9.55. The van der Waals surface area contributed by atoms with Gasteiger partial charge < -0.3 is 4.90 Å². The zero-order valence-electron chi connectivity index (χ0n) is 14.1. The molecule has 0 spiro atoms. The minimum atomic E-state index is -0.277. The summed E-state index contributed by atoms with van der Waals surface area (Å²) in [7, 11) is 0. The normalized spacial score (nSPS) is 24.0. The molecule has 120 valence electrons. The van der Waals surface area contributed by atoms with E-state index < -0.39 is 0 Å². The second-order valence-corrected chi connectivity index (χ2v) is 7.04. The van der Waals surface area contributed by atoms with E-state index in [2.05, 4.69) is 42.0 Å². The molecule has 4 nitrogen and oxygen atoms in total. The standard InChI is InChI=1S/C17H32N4/c1-4-17(14-18,19-16-6-7-16)8-5-9-20-10-12-21(13-11-20)15(2)3/h15-16,19H,4-13H2,1-3H3. The summed E-state index contributed by atoms with van der Waals surface area (Å²) in [5, 5.41) is 13.1. The fourth-order valence-corrected chi connectivity index (χ4v) is 3.24. The van der Waals surface area contributed by atoms with Crippen molar-refractivity contribution >= 4 is 0 Å². The molecule has 1 aliphatic heterocycles. The highest BCUT2D eigenvalue weighted by atomic mass is 15.3. The smallest absolute Gasteiger partial charge is 0.106 e. The van der Waals surface area contributed by atoms with Gasteiger partial charge in [-0.05, 0) is 52.5 Å². The van der Waals surface area contributed by atoms with Crippen LogP contribution in [0.2, 0.25) is 0 Å². The molecule has 0 aromatic carbocycles. The topological polar surface area (TPSA) is 42.3 Å². The predicted molar refractivity (Wildman–Crippen MR) is 87.2 cm³/mol. The Morgan fingerprint density at radius 2 is 1.90 bits per heavy atom. The summed E-state index contributed by atoms with van der Waals surface area (Å²) in [6.07, 6.45) is 5.53. The molecule has 21 heavy (non-hydrogen) atoms. The summed E-state index contributed by atoms with van der Waals surface area (Å²) < 4.78 is 0. The summed E-state index contributed by atoms with van der Waals surface area (Å²) in [6.45, 7) is 12.6. The fourth-order valence-electron chi connectivity index (χ4n) is 3.24. The van der Waals surface area contributed by atoms with Crippen LogP contribution in [0.5, 0.6) is 0 Å². The molecule has 0 bridgehead atoms. The number of hydrogen-bond acceptors (Lipinski definition) is 4. The summed E-state index contributed by atoms with van der Waals surface area (Å²) in [5.41, 5.74) is -0.277. The van der Waals surface area contributed by atoms with Gasteiger partial charge in [-0.3, -0.25) is 10.2 Å². The molecule has 1 saturated heterocycles. The Morgan fingerprint density at radius 1 is 1.24 bits per heavy atom. The molecule has 0 radical (unpaired) electrons. The molecule has 1 N–H and O–H groups in total. The van der Waals surface area contributed by atoms with Crippen LogP contribution in [0.3, 0.4) is 0 Å². The van der Waals surface area contributed by atoms with Gasteiger partial charge in [0.1, 0.15) is 5.54 Å². The SMILES string of the molecule is CCC(C#N)(CCCN1CCN(C(C)C)CC1)NC1CC1. The lowest BCUT2D eigenvalue weighted by Gasteiger charge is -2.37. The third kappa shape index (κ3) is 4.95. The molecular weight excluding hydrogens is 260 g/mol. The van der Waals surface area contributed by atoms with Crippen molar-refractivity contribution in [2.75, 3.05) is 32.7 Å². The molecule has 2 rings (SSSR count). The van der Waals surface area contributed by atoms with Gasteiger partial charge in [0.25, 0.3) is 0 Å². The van der Waals surface area contributed by atoms with Crippen molar-refractivity contribution in [1.29, 1.82) is 5.26 Å². The largest absolute Gasteiger partial charge is 0.301 e. The van der Waals surface area contributed by atoms with Crippen molar-refractivity contribution in [3.05, 3.63) is 0 Å². The van der Waals surface area contributed by atoms with Gasteiger partial charge >= 0.3 is 0 Å². The molecule has 1 heterocycles. The zero-order chi connectivity index (χ0) is 15.3. The maximum atomic E-state index is 9.55. The minimum Gasteiger partial charge on any atom is -0.301 e. The van der Waals surface area contributed by atoms with Gasteiger partial charge in [0.2, 0.25) is 0 Å². The molecule has 0 aromatic heterocycles. The van der Waals surface area contributed by atoms with Crippen molar-refractivity contribution in [2.45, 2.75) is 70.5 Å². The lowest BCUT2D eigenvalue weighted by Crippen LogP contribution is -2.49. The minimum absolute atomic E-state index is 0.277. The van der Waals surface area contributed by atoms with Gasteiger partial charge in [0.05, 0.1) is 6.07 Å². The molecule has 2 fully saturated rings. The van der Waals surface area contributed by atoms with E-state index in [0.29, 0.717) is 12.1 Å². The first-order valence-corrected chi connectivity index (χ1v) is 8.74. The molecule has 4 heteroatoms. The van der Waals surface area contributed by atoms with E-state index in [9.17, 15) is 5.26 Å². The summed E-state index contributed by atoms with van der Waals surface area (Å²) >= 11 is 0. The summed E-state index contributed by atoms with van der Waals surface area (Å²) in [6, 6.07) is 3.84. The highest BCUT2D eigenvalue weighted by Crippen LogP contribution is 2.26. The second kappa shape index (κ2) is 7.58. The van der Waals surface area contributed by atoms with E-state index in [-0.39, 0.29) is 5.54 Å². The predicted octanol–water partition coefficient (Wildman–Crippen LogP) is 2.22. The van der Waals surface area contributed by atoms with E-state index in [1.54, 1.807) is 0 Å². The van der Waals surface area contributed by atoms with E-state index in [1.807, 2.05) is 0 Å². The number of nitrogens with one attached hydrogen (secondary N) is 1. The van der Waals surface area contributed by atoms with Crippen LogP contribution in [0.4, 0.5) is 0 Å². The molecular formula is C17H32N4. The average molecular weight is 292 g/mol. The molecule has 1 atom stereocenters. The Morgan fingerprint density at radius 3 is 2.38 bits per heavy atom. The second-order valence-electron chi connectivity index (χ2n) is 7.04. The van der Waals surface area contributed by atoms with Crippen molar-refractivity contribution in [2.24, 2.45) is 0 Å². The van der Waals surface area contributed by atoms with E-state index in [1.165, 1.54) is 39.0 Å². The van der Waals surface area contributed by atoms with Gasteiger partial charge in [-0.15, -0.1) is 0 Å². The van der Waals surface area contributed by atoms with E-state index >= 15 is 0 Å². The Labute approximate surface area is 130 Å². The number of piperazine rings is 1. The van der Waals surface area contributed by atoms with Crippen LogP contribution in [0.25, 0.3) is 0 Å². The Balaban J connectivity index is 1.69. The number of rotatable bonds is 8. The zero-order valence-corrected chi connectivity index (χ0v) is 14.1. The maximum Gasteiger partial charge on any atom is 0.106 e. The van der Waals surface area contributed by atoms with Crippen LogP contribution < -0.4 is 5.32 Å². The molecule has 2 aliphatic rings. The van der Waals surface area contributed by atoms with Crippen LogP contribution >= 0.6 is 0 Å². The Kier molecular flexibility index (Phi) is 6.04. The van der Waals surface area contributed by atoms with Gasteiger partial charge in [0, 0.05) is 38.3 Å². The quantitative estimate of drug-likeness (QED) is 0.745. The number of nitriles is 1. The van der Waals surface area contributed by atoms with Gasteiger partial charge in [-0.25, -0.2) is 0 Å². The van der Waals surface area contributed by atoms with E-state index in [4.69, 9.17) is 0 Å². The van der Waals surface area contributed by atoms with Gasteiger partial charge in [-0.1, -0.05) is 6.92 Å². The first-order chi connectivity index (χ1) is 10.1. The lowest BCUT2D eigenvalue weighted by molar-refractivity contribution is 0.106. The van der Waals surface area contributed by atoms with Crippen LogP contribution in [-0.2, 0) is 0 Å². The van der Waals surface area contributed by atoms with Gasteiger partial charge in [-0.2, -0.15) is 5.26 Å². The van der Waals surface area contributed by atoms with Gasteiger partial charge in [0.15, 0.2) is 0 Å². The Hall–Kier alpha value is -0.630. The molecule has 1 aliphatic carbocycles. The highest BCUT2D eigenvalue weighted by Gasteiger charge is 2.34. The Bertz CT molecular complexity index is 350. The highest BCUT2D eigenvalue weighted by molar-refractivity contribution is 5.09. The average Bonchev–Trinajstić information content (AvgIpc) is 3.30. The third-order valence-corrected chi connectivity index (χ3v) is 5.09. The van der Waals surface area contributed by atoms with Crippen molar-refractivity contribution in [3.63, 3.8) is 0 Å². The van der Waals surface area contributed by atoms with Crippen molar-refractivity contribution in [1.82, 2.24) is 15.1 Å². The first kappa shape index (κ1) is 16.7. The van der Waals surface area contributed by atoms with Crippen LogP contribution in [0.1, 0.15) is 52.9 Å². The third-order valence-electron chi connectivity index (χ3n) is 5.09. The van der Waals surface area contributed by atoms with Crippen molar-refractivity contribution < 1.29 is 0 Å². The summed E-state index contributed by atoms with van der Waals surface area (Å²) in [4.78, 5) is 5.12. The monoisotopic (exact) mass is 292 g/mol. The van der Waals surface area contributed by atoms with Crippen LogP contribution in [-0.4, -0.2) is 60.1 Å². The number of nitrogens with zero attached hydrogens (tertiary/aromatic N) is 3. The van der Waals surface area contributed by atoms with E-state index in [0.717, 1.165) is 25.8 Å². The fraction of sp³-hybridized carbons (Fsp3) is 0.941. The molecule has 1 unspecified atom stereocenters. The molecule has 0 aromatic rings. The molecule has 1 saturated carbocycles. The summed E-state index contributed by atoms with van der Waals surface area (Å²) in [5.74, 6) is 0. The lowest BCUT2D eigenvalue weighted by atomic mass is 9.91. The first-order valence-electron chi connectivity index (χ1n) is 8.74. The number of hydrogen-bond donors (Lipinski definition) is 1. The van der Waals surface area contributed by atoms with Crippen LogP contribution in [0, 0.1) is 11.3 Å². The van der Waals surface area contributed by atoms with Crippen molar-refractivity contribution in [3.8, 4) is 6.07 Å².